The lowest BCUT2D eigenvalue weighted by Crippen LogP contribution is -2.36. The maximum absolute atomic E-state index is 13.6. The summed E-state index contributed by atoms with van der Waals surface area (Å²) in [5.41, 5.74) is 8.50. The highest BCUT2D eigenvalue weighted by molar-refractivity contribution is 6.31. The van der Waals surface area contributed by atoms with E-state index in [4.69, 9.17) is 16.7 Å². The van der Waals surface area contributed by atoms with Crippen LogP contribution < -0.4 is 5.32 Å². The number of nitrogens with zero attached hydrogens (tertiary/aromatic N) is 2. The average Bonchev–Trinajstić information content (AvgIpc) is 3.34. The lowest BCUT2D eigenvalue weighted by atomic mass is 9.73. The molecule has 1 amide bonds. The van der Waals surface area contributed by atoms with Crippen LogP contribution in [0, 0.1) is 31.1 Å². The highest BCUT2D eigenvalue weighted by Crippen LogP contribution is 2.41. The molecule has 2 unspecified atom stereocenters. The Labute approximate surface area is 221 Å². The van der Waals surface area contributed by atoms with E-state index in [1.807, 2.05) is 17.7 Å². The molecule has 0 saturated carbocycles. The van der Waals surface area contributed by atoms with Gasteiger partial charge in [0.25, 0.3) is 5.91 Å². The number of fused-ring (bicyclic) bond motifs is 3. The lowest BCUT2D eigenvalue weighted by molar-refractivity contribution is 0.0916. The van der Waals surface area contributed by atoms with Crippen LogP contribution in [-0.2, 0) is 13.0 Å². The van der Waals surface area contributed by atoms with E-state index in [1.54, 1.807) is 0 Å². The van der Waals surface area contributed by atoms with Crippen molar-refractivity contribution in [2.24, 2.45) is 17.3 Å². The smallest absolute Gasteiger partial charge is 0.272 e. The fraction of sp³-hybridized carbons (Fsp3) is 0.484. The van der Waals surface area contributed by atoms with Crippen molar-refractivity contribution >= 4 is 17.5 Å². The SMILES string of the molecule is CCCC(CNC(=O)c1nn(Cc2ccc(C)cc2)c2c1Cc1cc(C)c(Cl)cc1-2)C(C)C(C)(C)C. The van der Waals surface area contributed by atoms with Gasteiger partial charge in [-0.1, -0.05) is 88.5 Å². The average molecular weight is 506 g/mol. The molecule has 2 atom stereocenters. The van der Waals surface area contributed by atoms with Gasteiger partial charge in [0, 0.05) is 29.1 Å². The van der Waals surface area contributed by atoms with Crippen molar-refractivity contribution in [3.05, 3.63) is 74.9 Å². The fourth-order valence-electron chi connectivity index (χ4n) is 5.34. The third-order valence-electron chi connectivity index (χ3n) is 7.98. The minimum Gasteiger partial charge on any atom is -0.350 e. The molecule has 0 spiro atoms. The van der Waals surface area contributed by atoms with Crippen LogP contribution >= 0.6 is 11.6 Å². The summed E-state index contributed by atoms with van der Waals surface area (Å²) in [4.78, 5) is 13.6. The van der Waals surface area contributed by atoms with Gasteiger partial charge >= 0.3 is 0 Å². The number of benzene rings is 2. The Morgan fingerprint density at radius 1 is 1.17 bits per heavy atom. The second-order valence-electron chi connectivity index (χ2n) is 11.7. The third-order valence-corrected chi connectivity index (χ3v) is 8.39. The molecule has 0 radical (unpaired) electrons. The molecular formula is C31H40ClN3O. The Hall–Kier alpha value is -2.59. The largest absolute Gasteiger partial charge is 0.350 e. The van der Waals surface area contributed by atoms with Crippen molar-refractivity contribution in [2.75, 3.05) is 6.54 Å². The molecule has 0 fully saturated rings. The second-order valence-corrected chi connectivity index (χ2v) is 12.1. The summed E-state index contributed by atoms with van der Waals surface area (Å²) in [6, 6.07) is 12.7. The van der Waals surface area contributed by atoms with Gasteiger partial charge in [0.1, 0.15) is 0 Å². The summed E-state index contributed by atoms with van der Waals surface area (Å²) < 4.78 is 1.99. The Bertz CT molecular complexity index is 1250. The second kappa shape index (κ2) is 10.4. The summed E-state index contributed by atoms with van der Waals surface area (Å²) >= 11 is 6.53. The topological polar surface area (TPSA) is 46.9 Å². The highest BCUT2D eigenvalue weighted by atomic mass is 35.5. The van der Waals surface area contributed by atoms with Crippen LogP contribution in [0.2, 0.25) is 5.02 Å². The van der Waals surface area contributed by atoms with E-state index in [9.17, 15) is 4.79 Å². The Kier molecular flexibility index (Phi) is 7.66. The van der Waals surface area contributed by atoms with Gasteiger partial charge in [-0.05, 0) is 60.3 Å². The zero-order valence-corrected chi connectivity index (χ0v) is 23.6. The van der Waals surface area contributed by atoms with Gasteiger partial charge in [0.15, 0.2) is 5.69 Å². The molecule has 0 aliphatic heterocycles. The molecule has 0 bridgehead atoms. The van der Waals surface area contributed by atoms with E-state index in [2.05, 4.69) is 77.2 Å². The highest BCUT2D eigenvalue weighted by Gasteiger charge is 2.32. The van der Waals surface area contributed by atoms with Gasteiger partial charge in [-0.15, -0.1) is 0 Å². The van der Waals surface area contributed by atoms with Crippen LogP contribution in [0.25, 0.3) is 11.3 Å². The van der Waals surface area contributed by atoms with Gasteiger partial charge in [-0.3, -0.25) is 9.48 Å². The van der Waals surface area contributed by atoms with Crippen LogP contribution in [-0.4, -0.2) is 22.2 Å². The van der Waals surface area contributed by atoms with E-state index in [0.29, 0.717) is 37.0 Å². The number of aromatic nitrogens is 2. The first-order valence-corrected chi connectivity index (χ1v) is 13.6. The number of aryl methyl sites for hydroxylation is 2. The molecule has 5 heteroatoms. The number of carbonyl (C=O) groups excluding carboxylic acids is 1. The quantitative estimate of drug-likeness (QED) is 0.268. The van der Waals surface area contributed by atoms with E-state index >= 15 is 0 Å². The summed E-state index contributed by atoms with van der Waals surface area (Å²) in [7, 11) is 0. The molecule has 36 heavy (non-hydrogen) atoms. The van der Waals surface area contributed by atoms with Crippen LogP contribution in [0.5, 0.6) is 0 Å². The van der Waals surface area contributed by atoms with Gasteiger partial charge in [-0.2, -0.15) is 5.10 Å². The van der Waals surface area contributed by atoms with E-state index < -0.39 is 0 Å². The standard InChI is InChI=1S/C31H40ClN3O/c1-8-9-23(21(4)31(5,6)7)17-33-30(36)28-26-15-24-14-20(3)27(32)16-25(24)29(26)35(34-28)18-22-12-10-19(2)11-13-22/h10-14,16,21,23H,8-9,15,17-18H2,1-7H3,(H,33,36). The van der Waals surface area contributed by atoms with Gasteiger partial charge in [-0.25, -0.2) is 0 Å². The number of hydrogen-bond acceptors (Lipinski definition) is 2. The van der Waals surface area contributed by atoms with Crippen LogP contribution in [0.4, 0.5) is 0 Å². The number of amides is 1. The molecule has 2 aromatic carbocycles. The molecule has 1 heterocycles. The van der Waals surface area contributed by atoms with Crippen molar-refractivity contribution in [1.82, 2.24) is 15.1 Å². The lowest BCUT2D eigenvalue weighted by Gasteiger charge is -2.34. The minimum absolute atomic E-state index is 0.0771. The maximum Gasteiger partial charge on any atom is 0.272 e. The zero-order chi connectivity index (χ0) is 26.2. The molecule has 1 aromatic heterocycles. The molecule has 4 rings (SSSR count). The number of hydrogen-bond donors (Lipinski definition) is 1. The summed E-state index contributed by atoms with van der Waals surface area (Å²) in [5, 5.41) is 8.88. The third kappa shape index (κ3) is 5.39. The van der Waals surface area contributed by atoms with E-state index in [1.165, 1.54) is 11.1 Å². The molecule has 1 aliphatic rings. The normalized spacial score (nSPS) is 14.3. The van der Waals surface area contributed by atoms with Gasteiger partial charge in [0.05, 0.1) is 12.2 Å². The fourth-order valence-corrected chi connectivity index (χ4v) is 5.51. The van der Waals surface area contributed by atoms with Crippen molar-refractivity contribution in [2.45, 2.75) is 74.3 Å². The van der Waals surface area contributed by atoms with E-state index in [-0.39, 0.29) is 11.3 Å². The minimum atomic E-state index is -0.0771. The maximum atomic E-state index is 13.6. The Morgan fingerprint density at radius 2 is 1.86 bits per heavy atom. The van der Waals surface area contributed by atoms with Crippen molar-refractivity contribution in [3.63, 3.8) is 0 Å². The predicted octanol–water partition coefficient (Wildman–Crippen LogP) is 7.60. The first kappa shape index (κ1) is 26.5. The Morgan fingerprint density at radius 3 is 2.50 bits per heavy atom. The first-order chi connectivity index (χ1) is 17.0. The number of carbonyl (C=O) groups is 1. The first-order valence-electron chi connectivity index (χ1n) is 13.2. The number of rotatable bonds is 8. The van der Waals surface area contributed by atoms with E-state index in [0.717, 1.165) is 45.8 Å². The monoisotopic (exact) mass is 505 g/mol. The predicted molar refractivity (Wildman–Crippen MR) is 150 cm³/mol. The number of halogens is 1. The molecule has 192 valence electrons. The van der Waals surface area contributed by atoms with Gasteiger partial charge in [0.2, 0.25) is 0 Å². The van der Waals surface area contributed by atoms with Crippen molar-refractivity contribution in [1.29, 1.82) is 0 Å². The zero-order valence-electron chi connectivity index (χ0n) is 22.8. The molecule has 0 saturated heterocycles. The van der Waals surface area contributed by atoms with Crippen molar-refractivity contribution < 1.29 is 4.79 Å². The Balaban J connectivity index is 1.66. The molecule has 3 aromatic rings. The molecule has 1 aliphatic carbocycles. The van der Waals surface area contributed by atoms with Crippen molar-refractivity contribution in [3.8, 4) is 11.3 Å². The summed E-state index contributed by atoms with van der Waals surface area (Å²) in [5.74, 6) is 0.851. The van der Waals surface area contributed by atoms with Crippen LogP contribution in [0.3, 0.4) is 0 Å². The molecule has 1 N–H and O–H groups in total. The van der Waals surface area contributed by atoms with Crippen LogP contribution in [0.15, 0.2) is 36.4 Å². The molecule has 4 nitrogen and oxygen atoms in total. The number of nitrogens with one attached hydrogen (secondary N) is 1. The van der Waals surface area contributed by atoms with Crippen LogP contribution in [0.1, 0.15) is 85.8 Å². The van der Waals surface area contributed by atoms with Gasteiger partial charge < -0.3 is 5.32 Å². The summed E-state index contributed by atoms with van der Waals surface area (Å²) in [6.07, 6.45) is 2.91. The summed E-state index contributed by atoms with van der Waals surface area (Å²) in [6.45, 7) is 16.8. The molecular weight excluding hydrogens is 466 g/mol.